The number of nitrogens with zero attached hydrogens (tertiary/aromatic N) is 6. The monoisotopic (exact) mass is 808 g/mol. The van der Waals surface area contributed by atoms with Gasteiger partial charge in [0.05, 0.1) is 22.3 Å². The zero-order chi connectivity index (χ0) is 39.1. The highest BCUT2D eigenvalue weighted by atomic mass is 32.2. The Morgan fingerprint density at radius 1 is 1.02 bits per heavy atom. The largest absolute Gasteiger partial charge is 0.444 e. The molecular weight excluding hydrogens is 749 g/mol. The first kappa shape index (κ1) is 41.7. The maximum absolute atomic E-state index is 14.2. The molecule has 296 valence electrons. The van der Waals surface area contributed by atoms with Crippen molar-refractivity contribution >= 4 is 54.9 Å². The van der Waals surface area contributed by atoms with Crippen LogP contribution in [0.15, 0.2) is 17.3 Å². The summed E-state index contributed by atoms with van der Waals surface area (Å²) >= 11 is 1.35. The summed E-state index contributed by atoms with van der Waals surface area (Å²) in [5.41, 5.74) is 1.01. The summed E-state index contributed by atoms with van der Waals surface area (Å²) in [5.74, 6) is 0.0984. The van der Waals surface area contributed by atoms with Crippen LogP contribution in [0.25, 0.3) is 16.1 Å². The van der Waals surface area contributed by atoms with E-state index in [2.05, 4.69) is 44.3 Å². The zero-order valence-electron chi connectivity index (χ0n) is 33.4. The molecule has 53 heavy (non-hydrogen) atoms. The molecule has 2 saturated heterocycles. The fourth-order valence-electron chi connectivity index (χ4n) is 6.95. The maximum atomic E-state index is 14.2. The summed E-state index contributed by atoms with van der Waals surface area (Å²) in [5, 5.41) is 15.6. The second-order valence-electron chi connectivity index (χ2n) is 18.1. The molecule has 2 bridgehead atoms. The SMILES string of the molecule is CC(O)c1ncc(-c2cnn3c(N(COCC[Si](C)(C)C)COCC[Si](C)(C)C)c(S(C)(=O)=O)c(C4CC5CCC(C4)N5C(=O)OC(C)(C)C)nc23)s1. The highest BCUT2D eigenvalue weighted by Gasteiger charge is 2.47. The standard InChI is InChI=1S/C36H60N6O7S2Si2/c1-24(43)33-37-21-29(50-33)28-20-38-42-32(28)39-30(25-18-26-12-13-27(19-25)41(26)35(44)49-36(2,3)4)31(51(5,45)46)34(42)40(22-47-14-16-52(6,7)8)23-48-15-17-53(9,10)11/h20-21,24-27,43H,12-19,22-23H2,1-11H3. The van der Waals surface area contributed by atoms with Crippen molar-refractivity contribution in [2.24, 2.45) is 0 Å². The number of anilines is 1. The summed E-state index contributed by atoms with van der Waals surface area (Å²) in [6, 6.07) is 1.70. The number of hydrogen-bond donors (Lipinski definition) is 1. The van der Waals surface area contributed by atoms with Crippen LogP contribution in [-0.2, 0) is 24.0 Å². The zero-order valence-corrected chi connectivity index (χ0v) is 37.1. The minimum absolute atomic E-state index is 0.1000. The van der Waals surface area contributed by atoms with E-state index in [1.807, 2.05) is 30.6 Å². The molecule has 2 aliphatic rings. The molecule has 13 nitrogen and oxygen atoms in total. The number of carbonyl (C=O) groups excluding carboxylic acids is 1. The Balaban J connectivity index is 1.65. The maximum Gasteiger partial charge on any atom is 0.410 e. The molecule has 0 aliphatic carbocycles. The lowest BCUT2D eigenvalue weighted by Gasteiger charge is -2.40. The third-order valence-electron chi connectivity index (χ3n) is 9.63. The van der Waals surface area contributed by atoms with E-state index in [9.17, 15) is 18.3 Å². The number of aromatic nitrogens is 4. The first-order valence-electron chi connectivity index (χ1n) is 18.7. The van der Waals surface area contributed by atoms with E-state index in [0.717, 1.165) is 29.8 Å². The van der Waals surface area contributed by atoms with Gasteiger partial charge in [-0.25, -0.2) is 23.2 Å². The van der Waals surface area contributed by atoms with Gasteiger partial charge in [-0.3, -0.25) is 0 Å². The lowest BCUT2D eigenvalue weighted by molar-refractivity contribution is 0.00557. The van der Waals surface area contributed by atoms with Crippen LogP contribution >= 0.6 is 11.3 Å². The number of fused-ring (bicyclic) bond motifs is 3. The van der Waals surface area contributed by atoms with Crippen LogP contribution in [0.3, 0.4) is 0 Å². The van der Waals surface area contributed by atoms with Gasteiger partial charge in [0.2, 0.25) is 0 Å². The molecule has 2 aliphatic heterocycles. The molecule has 5 rings (SSSR count). The lowest BCUT2D eigenvalue weighted by atomic mass is 9.88. The van der Waals surface area contributed by atoms with Crippen LogP contribution in [0.5, 0.6) is 0 Å². The van der Waals surface area contributed by atoms with E-state index in [1.165, 1.54) is 17.6 Å². The number of aliphatic hydroxyl groups excluding tert-OH is 1. The quantitative estimate of drug-likeness (QED) is 0.0931. The number of thiazole rings is 1. The second kappa shape index (κ2) is 16.0. The van der Waals surface area contributed by atoms with Gasteiger partial charge < -0.3 is 29.1 Å². The van der Waals surface area contributed by atoms with Gasteiger partial charge in [0, 0.05) is 59.8 Å². The van der Waals surface area contributed by atoms with Gasteiger partial charge in [0.25, 0.3) is 0 Å². The van der Waals surface area contributed by atoms with Crippen LogP contribution < -0.4 is 4.90 Å². The van der Waals surface area contributed by atoms with Crippen LogP contribution in [0.4, 0.5) is 10.6 Å². The highest BCUT2D eigenvalue weighted by molar-refractivity contribution is 7.91. The molecule has 0 spiro atoms. The van der Waals surface area contributed by atoms with E-state index in [-0.39, 0.29) is 42.5 Å². The molecule has 3 aromatic heterocycles. The van der Waals surface area contributed by atoms with Gasteiger partial charge in [-0.15, -0.1) is 11.3 Å². The Hall–Kier alpha value is -2.42. The van der Waals surface area contributed by atoms with E-state index < -0.39 is 37.7 Å². The van der Waals surface area contributed by atoms with Gasteiger partial charge >= 0.3 is 6.09 Å². The predicted molar refractivity (Wildman–Crippen MR) is 215 cm³/mol. The van der Waals surface area contributed by atoms with Crippen LogP contribution in [0, 0.1) is 0 Å². The molecule has 3 unspecified atom stereocenters. The molecule has 17 heteroatoms. The predicted octanol–water partition coefficient (Wildman–Crippen LogP) is 7.39. The van der Waals surface area contributed by atoms with Crippen molar-refractivity contribution in [2.45, 2.75) is 139 Å². The molecule has 3 atom stereocenters. The van der Waals surface area contributed by atoms with Crippen molar-refractivity contribution in [3.05, 3.63) is 23.1 Å². The molecule has 5 heterocycles. The van der Waals surface area contributed by atoms with Crippen LogP contribution in [0.1, 0.15) is 76.1 Å². The van der Waals surface area contributed by atoms with Crippen molar-refractivity contribution in [2.75, 3.05) is 37.8 Å². The van der Waals surface area contributed by atoms with E-state index in [0.29, 0.717) is 53.8 Å². The number of amides is 1. The minimum atomic E-state index is -3.90. The van der Waals surface area contributed by atoms with Gasteiger partial charge in [0.1, 0.15) is 35.1 Å². The van der Waals surface area contributed by atoms with Crippen molar-refractivity contribution in [3.63, 3.8) is 0 Å². The third-order valence-corrected chi connectivity index (χ3v) is 15.4. The normalized spacial score (nSPS) is 20.3. The van der Waals surface area contributed by atoms with Crippen molar-refractivity contribution in [1.82, 2.24) is 24.5 Å². The average Bonchev–Trinajstić information content (AvgIpc) is 3.73. The third kappa shape index (κ3) is 10.5. The smallest absolute Gasteiger partial charge is 0.410 e. The number of hydrogen-bond acceptors (Lipinski definition) is 12. The summed E-state index contributed by atoms with van der Waals surface area (Å²) in [6.07, 6.45) is 6.27. The molecule has 1 N–H and O–H groups in total. The summed E-state index contributed by atoms with van der Waals surface area (Å²) in [4.78, 5) is 27.6. The lowest BCUT2D eigenvalue weighted by Crippen LogP contribution is -2.48. The number of rotatable bonds is 15. The van der Waals surface area contributed by atoms with E-state index >= 15 is 0 Å². The van der Waals surface area contributed by atoms with Gasteiger partial charge in [-0.05, 0) is 65.5 Å². The van der Waals surface area contributed by atoms with Crippen LogP contribution in [0.2, 0.25) is 51.4 Å². The first-order valence-corrected chi connectivity index (χ1v) is 28.8. The summed E-state index contributed by atoms with van der Waals surface area (Å²) in [7, 11) is -6.71. The molecule has 2 fully saturated rings. The topological polar surface area (TPSA) is 149 Å². The van der Waals surface area contributed by atoms with Gasteiger partial charge in [0.15, 0.2) is 21.3 Å². The first-order chi connectivity index (χ1) is 24.5. The number of sulfone groups is 1. The molecule has 3 aromatic rings. The van der Waals surface area contributed by atoms with Crippen molar-refractivity contribution in [3.8, 4) is 10.4 Å². The Morgan fingerprint density at radius 3 is 2.06 bits per heavy atom. The fraction of sp³-hybridized carbons (Fsp3) is 0.722. The Kier molecular flexibility index (Phi) is 12.6. The average molecular weight is 809 g/mol. The van der Waals surface area contributed by atoms with Gasteiger partial charge in [-0.1, -0.05) is 39.3 Å². The summed E-state index contributed by atoms with van der Waals surface area (Å²) < 4.78 is 48.3. The summed E-state index contributed by atoms with van der Waals surface area (Å²) in [6.45, 7) is 22.3. The van der Waals surface area contributed by atoms with Gasteiger partial charge in [-0.2, -0.15) is 9.61 Å². The fourth-order valence-corrected chi connectivity index (χ4v) is 10.5. The van der Waals surface area contributed by atoms with E-state index in [4.69, 9.17) is 24.3 Å². The van der Waals surface area contributed by atoms with Crippen LogP contribution in [-0.4, -0.2) is 111 Å². The number of aliphatic hydroxyl groups is 1. The number of carbonyl (C=O) groups is 1. The molecule has 0 saturated carbocycles. The highest BCUT2D eigenvalue weighted by Crippen LogP contribution is 2.47. The Labute approximate surface area is 321 Å². The second-order valence-corrected chi connectivity index (χ2v) is 32.4. The van der Waals surface area contributed by atoms with Crippen molar-refractivity contribution in [1.29, 1.82) is 0 Å². The van der Waals surface area contributed by atoms with E-state index in [1.54, 1.807) is 23.8 Å². The minimum Gasteiger partial charge on any atom is -0.444 e. The molecular formula is C36H60N6O7S2Si2. The Bertz CT molecular complexity index is 1830. The number of ether oxygens (including phenoxy) is 3. The number of piperidine rings is 1. The Morgan fingerprint density at radius 2 is 1.58 bits per heavy atom. The molecule has 0 radical (unpaired) electrons. The van der Waals surface area contributed by atoms with Crippen molar-refractivity contribution < 1.29 is 32.5 Å². The molecule has 0 aromatic carbocycles. The molecule has 1 amide bonds.